The number of carbonyl (C=O) groups excluding carboxylic acids is 3. The summed E-state index contributed by atoms with van der Waals surface area (Å²) in [5.74, 6) is -0.0151. The molecular formula is C43H82O6. The molecule has 0 spiro atoms. The Morgan fingerprint density at radius 2 is 0.714 bits per heavy atom. The molecule has 0 bridgehead atoms. The molecule has 0 radical (unpaired) electrons. The summed E-state index contributed by atoms with van der Waals surface area (Å²) in [7, 11) is 0. The van der Waals surface area contributed by atoms with Gasteiger partial charge in [-0.25, -0.2) is 0 Å². The first-order valence-corrected chi connectivity index (χ1v) is 21.4. The molecule has 0 saturated carbocycles. The van der Waals surface area contributed by atoms with Crippen LogP contribution in [0.5, 0.6) is 0 Å². The number of hydrogen-bond acceptors (Lipinski definition) is 6. The molecule has 0 saturated heterocycles. The highest BCUT2D eigenvalue weighted by Gasteiger charge is 2.19. The molecule has 6 heteroatoms. The maximum atomic E-state index is 12.6. The second kappa shape index (κ2) is 37.7. The van der Waals surface area contributed by atoms with Gasteiger partial charge in [-0.05, 0) is 25.2 Å². The van der Waals surface area contributed by atoms with Gasteiger partial charge in [0.15, 0.2) is 6.10 Å². The van der Waals surface area contributed by atoms with Crippen molar-refractivity contribution < 1.29 is 28.6 Å². The van der Waals surface area contributed by atoms with Gasteiger partial charge in [-0.15, -0.1) is 0 Å². The zero-order chi connectivity index (χ0) is 36.0. The van der Waals surface area contributed by atoms with Gasteiger partial charge < -0.3 is 14.2 Å². The van der Waals surface area contributed by atoms with E-state index in [1.165, 1.54) is 128 Å². The van der Waals surface area contributed by atoms with Crippen molar-refractivity contribution in [3.05, 3.63) is 0 Å². The molecule has 0 fully saturated rings. The quantitative estimate of drug-likeness (QED) is 0.0364. The summed E-state index contributed by atoms with van der Waals surface area (Å²) in [6.07, 6.45) is 35.1. The van der Waals surface area contributed by atoms with Crippen molar-refractivity contribution in [2.24, 2.45) is 5.92 Å². The Bertz CT molecular complexity index is 738. The smallest absolute Gasteiger partial charge is 0.306 e. The van der Waals surface area contributed by atoms with Gasteiger partial charge in [0.1, 0.15) is 13.2 Å². The van der Waals surface area contributed by atoms with Crippen molar-refractivity contribution in [1.29, 1.82) is 0 Å². The van der Waals surface area contributed by atoms with Crippen LogP contribution in [-0.2, 0) is 28.6 Å². The molecule has 1 unspecified atom stereocenters. The Morgan fingerprint density at radius 1 is 0.408 bits per heavy atom. The lowest BCUT2D eigenvalue weighted by atomic mass is 9.99. The highest BCUT2D eigenvalue weighted by atomic mass is 16.6. The first kappa shape index (κ1) is 47.4. The largest absolute Gasteiger partial charge is 0.462 e. The average molecular weight is 695 g/mol. The molecule has 0 aromatic carbocycles. The predicted molar refractivity (Wildman–Crippen MR) is 206 cm³/mol. The molecular weight excluding hydrogens is 612 g/mol. The number of carbonyl (C=O) groups is 3. The van der Waals surface area contributed by atoms with Crippen molar-refractivity contribution in [2.75, 3.05) is 13.2 Å². The summed E-state index contributed by atoms with van der Waals surface area (Å²) in [6.45, 7) is 8.96. The topological polar surface area (TPSA) is 78.9 Å². The van der Waals surface area contributed by atoms with E-state index in [2.05, 4.69) is 27.7 Å². The van der Waals surface area contributed by atoms with E-state index in [1.807, 2.05) is 0 Å². The summed E-state index contributed by atoms with van der Waals surface area (Å²) < 4.78 is 16.6. The molecule has 0 aromatic rings. The van der Waals surface area contributed by atoms with Crippen molar-refractivity contribution in [3.63, 3.8) is 0 Å². The van der Waals surface area contributed by atoms with Gasteiger partial charge in [0, 0.05) is 19.3 Å². The fraction of sp³-hybridized carbons (Fsp3) is 0.930. The van der Waals surface area contributed by atoms with Crippen LogP contribution in [0, 0.1) is 5.92 Å². The lowest BCUT2D eigenvalue weighted by Crippen LogP contribution is -2.30. The van der Waals surface area contributed by atoms with Crippen LogP contribution in [0.3, 0.4) is 0 Å². The molecule has 0 heterocycles. The van der Waals surface area contributed by atoms with Gasteiger partial charge in [0.05, 0.1) is 0 Å². The number of rotatable bonds is 38. The van der Waals surface area contributed by atoms with E-state index < -0.39 is 6.10 Å². The van der Waals surface area contributed by atoms with E-state index in [4.69, 9.17) is 14.2 Å². The fourth-order valence-corrected chi connectivity index (χ4v) is 6.24. The van der Waals surface area contributed by atoms with Gasteiger partial charge in [-0.1, -0.05) is 195 Å². The Balaban J connectivity index is 4.34. The molecule has 2 atom stereocenters. The van der Waals surface area contributed by atoms with Gasteiger partial charge in [-0.3, -0.25) is 14.4 Å². The van der Waals surface area contributed by atoms with E-state index >= 15 is 0 Å². The van der Waals surface area contributed by atoms with Crippen LogP contribution in [0.25, 0.3) is 0 Å². The van der Waals surface area contributed by atoms with Crippen molar-refractivity contribution in [3.8, 4) is 0 Å². The zero-order valence-corrected chi connectivity index (χ0v) is 33.1. The van der Waals surface area contributed by atoms with E-state index in [-0.39, 0.29) is 31.1 Å². The van der Waals surface area contributed by atoms with Crippen LogP contribution in [0.4, 0.5) is 0 Å². The van der Waals surface area contributed by atoms with Gasteiger partial charge >= 0.3 is 17.9 Å². The third-order valence-corrected chi connectivity index (χ3v) is 9.90. The third-order valence-electron chi connectivity index (χ3n) is 9.90. The number of hydrogen-bond donors (Lipinski definition) is 0. The molecule has 290 valence electrons. The summed E-state index contributed by atoms with van der Waals surface area (Å²) in [4.78, 5) is 37.5. The standard InChI is InChI=1S/C43H82O6/c1-5-8-10-12-14-16-18-24-28-32-36-43(46)49-40(37-47-41(44)34-30-26-22-17-15-13-11-9-6-2)38-48-42(45)35-31-27-23-20-19-21-25-29-33-39(4)7-3/h39-40H,5-38H2,1-4H3/t39?,40-/m1/s1. The van der Waals surface area contributed by atoms with Crippen LogP contribution in [0.2, 0.25) is 0 Å². The first-order chi connectivity index (χ1) is 23.9. The van der Waals surface area contributed by atoms with Crippen molar-refractivity contribution >= 4 is 17.9 Å². The summed E-state index contributed by atoms with van der Waals surface area (Å²) in [6, 6.07) is 0. The number of unbranched alkanes of at least 4 members (excludes halogenated alkanes) is 24. The number of esters is 3. The second-order valence-corrected chi connectivity index (χ2v) is 14.9. The molecule has 0 aliphatic carbocycles. The van der Waals surface area contributed by atoms with Crippen LogP contribution in [0.1, 0.15) is 233 Å². The highest BCUT2D eigenvalue weighted by molar-refractivity contribution is 5.71. The Hall–Kier alpha value is -1.59. The molecule has 0 rings (SSSR count). The molecule has 49 heavy (non-hydrogen) atoms. The Labute approximate surface area is 304 Å². The number of ether oxygens (including phenoxy) is 3. The third kappa shape index (κ3) is 36.0. The SMILES string of the molecule is CCCCCCCCCCCCC(=O)O[C@H](COC(=O)CCCCCCCCCCC)COC(=O)CCCCCCCCCCC(C)CC. The molecule has 0 aliphatic heterocycles. The zero-order valence-electron chi connectivity index (χ0n) is 33.1. The average Bonchev–Trinajstić information content (AvgIpc) is 3.10. The van der Waals surface area contributed by atoms with E-state index in [1.54, 1.807) is 0 Å². The fourth-order valence-electron chi connectivity index (χ4n) is 6.24. The monoisotopic (exact) mass is 695 g/mol. The minimum Gasteiger partial charge on any atom is -0.462 e. The van der Waals surface area contributed by atoms with Crippen LogP contribution in [0.15, 0.2) is 0 Å². The van der Waals surface area contributed by atoms with Gasteiger partial charge in [0.25, 0.3) is 0 Å². The van der Waals surface area contributed by atoms with Crippen LogP contribution >= 0.6 is 0 Å². The van der Waals surface area contributed by atoms with E-state index in [9.17, 15) is 14.4 Å². The lowest BCUT2D eigenvalue weighted by molar-refractivity contribution is -0.167. The molecule has 6 nitrogen and oxygen atoms in total. The first-order valence-electron chi connectivity index (χ1n) is 21.4. The molecule has 0 aromatic heterocycles. The molecule has 0 aliphatic rings. The Morgan fingerprint density at radius 3 is 1.06 bits per heavy atom. The maximum absolute atomic E-state index is 12.6. The summed E-state index contributed by atoms with van der Waals surface area (Å²) >= 11 is 0. The predicted octanol–water partition coefficient (Wildman–Crippen LogP) is 13.2. The van der Waals surface area contributed by atoms with Gasteiger partial charge in [0.2, 0.25) is 0 Å². The Kier molecular flexibility index (Phi) is 36.4. The second-order valence-electron chi connectivity index (χ2n) is 14.9. The van der Waals surface area contributed by atoms with Crippen LogP contribution in [-0.4, -0.2) is 37.2 Å². The minimum absolute atomic E-state index is 0.0648. The van der Waals surface area contributed by atoms with Gasteiger partial charge in [-0.2, -0.15) is 0 Å². The lowest BCUT2D eigenvalue weighted by Gasteiger charge is -2.18. The highest BCUT2D eigenvalue weighted by Crippen LogP contribution is 2.16. The molecule has 0 amide bonds. The van der Waals surface area contributed by atoms with E-state index in [0.29, 0.717) is 19.3 Å². The van der Waals surface area contributed by atoms with Crippen molar-refractivity contribution in [2.45, 2.75) is 239 Å². The molecule has 0 N–H and O–H groups in total. The van der Waals surface area contributed by atoms with Crippen molar-refractivity contribution in [1.82, 2.24) is 0 Å². The minimum atomic E-state index is -0.757. The maximum Gasteiger partial charge on any atom is 0.306 e. The van der Waals surface area contributed by atoms with E-state index in [0.717, 1.165) is 63.7 Å². The summed E-state index contributed by atoms with van der Waals surface area (Å²) in [5.41, 5.74) is 0. The van der Waals surface area contributed by atoms with Crippen LogP contribution < -0.4 is 0 Å². The summed E-state index contributed by atoms with van der Waals surface area (Å²) in [5, 5.41) is 0. The normalized spacial score (nSPS) is 12.5.